The number of pyridine rings is 1. The van der Waals surface area contributed by atoms with Crippen LogP contribution >= 0.6 is 0 Å². The molecule has 4 nitrogen and oxygen atoms in total. The SMILES string of the molecule is c1ccc(OC2COCCN(Cc3cccnc3)C2)cc1. The molecule has 3 rings (SSSR count). The highest BCUT2D eigenvalue weighted by atomic mass is 16.5. The van der Waals surface area contributed by atoms with E-state index in [9.17, 15) is 0 Å². The molecule has 0 aliphatic carbocycles. The summed E-state index contributed by atoms with van der Waals surface area (Å²) >= 11 is 0. The molecule has 1 fully saturated rings. The molecule has 0 N–H and O–H groups in total. The van der Waals surface area contributed by atoms with E-state index in [-0.39, 0.29) is 6.10 Å². The lowest BCUT2D eigenvalue weighted by molar-refractivity contribution is 0.0710. The third kappa shape index (κ3) is 4.28. The van der Waals surface area contributed by atoms with Crippen LogP contribution in [0.1, 0.15) is 5.56 Å². The minimum Gasteiger partial charge on any atom is -0.487 e. The van der Waals surface area contributed by atoms with Crippen LogP contribution in [0.3, 0.4) is 0 Å². The summed E-state index contributed by atoms with van der Waals surface area (Å²) in [5.41, 5.74) is 1.22. The molecule has 2 aromatic rings. The van der Waals surface area contributed by atoms with E-state index in [1.54, 1.807) is 6.20 Å². The molecule has 21 heavy (non-hydrogen) atoms. The fourth-order valence-electron chi connectivity index (χ4n) is 2.50. The summed E-state index contributed by atoms with van der Waals surface area (Å²) in [5, 5.41) is 0. The van der Waals surface area contributed by atoms with Gasteiger partial charge >= 0.3 is 0 Å². The fraction of sp³-hybridized carbons (Fsp3) is 0.353. The van der Waals surface area contributed by atoms with E-state index >= 15 is 0 Å². The molecule has 1 unspecified atom stereocenters. The van der Waals surface area contributed by atoms with Gasteiger partial charge in [0.15, 0.2) is 0 Å². The molecular formula is C17H20N2O2. The van der Waals surface area contributed by atoms with E-state index in [1.165, 1.54) is 5.56 Å². The predicted molar refractivity (Wildman–Crippen MR) is 81.2 cm³/mol. The molecule has 0 saturated carbocycles. The Kier molecular flexibility index (Phi) is 4.82. The van der Waals surface area contributed by atoms with Crippen LogP contribution in [0.25, 0.3) is 0 Å². The van der Waals surface area contributed by atoms with Crippen LogP contribution in [0.4, 0.5) is 0 Å². The lowest BCUT2D eigenvalue weighted by Gasteiger charge is -2.24. The van der Waals surface area contributed by atoms with Gasteiger partial charge in [0.25, 0.3) is 0 Å². The van der Waals surface area contributed by atoms with Gasteiger partial charge in [0.05, 0.1) is 13.2 Å². The van der Waals surface area contributed by atoms with Crippen LogP contribution in [0.2, 0.25) is 0 Å². The number of rotatable bonds is 4. The molecule has 1 aliphatic rings. The molecule has 0 amide bonds. The molecule has 0 bridgehead atoms. The number of nitrogens with zero attached hydrogens (tertiary/aromatic N) is 2. The number of aromatic nitrogens is 1. The minimum absolute atomic E-state index is 0.0616. The third-order valence-electron chi connectivity index (χ3n) is 3.49. The summed E-state index contributed by atoms with van der Waals surface area (Å²) in [6.45, 7) is 4.05. The molecule has 1 aliphatic heterocycles. The minimum atomic E-state index is 0.0616. The summed E-state index contributed by atoms with van der Waals surface area (Å²) < 4.78 is 11.7. The predicted octanol–water partition coefficient (Wildman–Crippen LogP) is 2.36. The van der Waals surface area contributed by atoms with Gasteiger partial charge in [-0.3, -0.25) is 9.88 Å². The van der Waals surface area contributed by atoms with Crippen molar-refractivity contribution in [2.45, 2.75) is 12.6 Å². The van der Waals surface area contributed by atoms with Gasteiger partial charge in [-0.2, -0.15) is 0 Å². The maximum Gasteiger partial charge on any atom is 0.135 e. The lowest BCUT2D eigenvalue weighted by Crippen LogP contribution is -2.35. The van der Waals surface area contributed by atoms with Gasteiger partial charge in [0.1, 0.15) is 11.9 Å². The Morgan fingerprint density at radius 3 is 2.90 bits per heavy atom. The Labute approximate surface area is 125 Å². The second kappa shape index (κ2) is 7.20. The smallest absolute Gasteiger partial charge is 0.135 e. The Morgan fingerprint density at radius 1 is 1.19 bits per heavy atom. The molecule has 0 radical (unpaired) electrons. The second-order valence-electron chi connectivity index (χ2n) is 5.22. The number of ether oxygens (including phenoxy) is 2. The normalized spacial score (nSPS) is 19.9. The van der Waals surface area contributed by atoms with Crippen molar-refractivity contribution in [2.24, 2.45) is 0 Å². The van der Waals surface area contributed by atoms with E-state index in [0.717, 1.165) is 32.0 Å². The maximum atomic E-state index is 6.02. The Bertz CT molecular complexity index is 484. The zero-order chi connectivity index (χ0) is 14.3. The van der Waals surface area contributed by atoms with E-state index in [1.807, 2.05) is 42.6 Å². The first-order valence-corrected chi connectivity index (χ1v) is 7.31. The standard InChI is InChI=1S/C17H20N2O2/c1-2-6-16(7-3-1)21-17-13-19(9-10-20-14-17)12-15-5-4-8-18-11-15/h1-8,11,17H,9-10,12-14H2. The molecule has 1 aromatic heterocycles. The van der Waals surface area contributed by atoms with Crippen LogP contribution in [0.5, 0.6) is 5.75 Å². The molecule has 0 spiro atoms. The van der Waals surface area contributed by atoms with Gasteiger partial charge in [-0.15, -0.1) is 0 Å². The lowest BCUT2D eigenvalue weighted by atomic mass is 10.2. The second-order valence-corrected chi connectivity index (χ2v) is 5.22. The van der Waals surface area contributed by atoms with Gasteiger partial charge in [-0.05, 0) is 23.8 Å². The van der Waals surface area contributed by atoms with E-state index < -0.39 is 0 Å². The molecule has 110 valence electrons. The van der Waals surface area contributed by atoms with E-state index in [2.05, 4.69) is 16.0 Å². The number of hydrogen-bond acceptors (Lipinski definition) is 4. The van der Waals surface area contributed by atoms with Gasteiger partial charge in [-0.25, -0.2) is 0 Å². The molecular weight excluding hydrogens is 264 g/mol. The first kappa shape index (κ1) is 14.0. The third-order valence-corrected chi connectivity index (χ3v) is 3.49. The van der Waals surface area contributed by atoms with Crippen molar-refractivity contribution in [1.82, 2.24) is 9.88 Å². The molecule has 1 aromatic carbocycles. The number of para-hydroxylation sites is 1. The maximum absolute atomic E-state index is 6.02. The molecule has 1 saturated heterocycles. The zero-order valence-corrected chi connectivity index (χ0v) is 12.0. The summed E-state index contributed by atoms with van der Waals surface area (Å²) in [6.07, 6.45) is 3.78. The highest BCUT2D eigenvalue weighted by molar-refractivity contribution is 5.21. The van der Waals surface area contributed by atoms with Crippen molar-refractivity contribution >= 4 is 0 Å². The summed E-state index contributed by atoms with van der Waals surface area (Å²) in [4.78, 5) is 6.53. The van der Waals surface area contributed by atoms with Gasteiger partial charge in [-0.1, -0.05) is 24.3 Å². The van der Waals surface area contributed by atoms with Crippen molar-refractivity contribution in [3.05, 3.63) is 60.4 Å². The van der Waals surface area contributed by atoms with Crippen LogP contribution in [0.15, 0.2) is 54.9 Å². The topological polar surface area (TPSA) is 34.6 Å². The first-order valence-electron chi connectivity index (χ1n) is 7.31. The van der Waals surface area contributed by atoms with Crippen molar-refractivity contribution in [2.75, 3.05) is 26.3 Å². The Hall–Kier alpha value is -1.91. The largest absolute Gasteiger partial charge is 0.487 e. The zero-order valence-electron chi connectivity index (χ0n) is 12.0. The van der Waals surface area contributed by atoms with Gasteiger partial charge in [0, 0.05) is 32.0 Å². The summed E-state index contributed by atoms with van der Waals surface area (Å²) in [6, 6.07) is 14.0. The number of hydrogen-bond donors (Lipinski definition) is 0. The fourth-order valence-corrected chi connectivity index (χ4v) is 2.50. The van der Waals surface area contributed by atoms with Crippen LogP contribution in [-0.2, 0) is 11.3 Å². The van der Waals surface area contributed by atoms with E-state index in [4.69, 9.17) is 9.47 Å². The Balaban J connectivity index is 1.61. The van der Waals surface area contributed by atoms with Crippen molar-refractivity contribution in [3.63, 3.8) is 0 Å². The highest BCUT2D eigenvalue weighted by Crippen LogP contribution is 2.14. The van der Waals surface area contributed by atoms with E-state index in [0.29, 0.717) is 6.61 Å². The number of benzene rings is 1. The molecule has 1 atom stereocenters. The van der Waals surface area contributed by atoms with Gasteiger partial charge in [0.2, 0.25) is 0 Å². The molecule has 4 heteroatoms. The highest BCUT2D eigenvalue weighted by Gasteiger charge is 2.20. The average Bonchev–Trinajstić information content (AvgIpc) is 2.74. The summed E-state index contributed by atoms with van der Waals surface area (Å²) in [5.74, 6) is 0.898. The summed E-state index contributed by atoms with van der Waals surface area (Å²) in [7, 11) is 0. The van der Waals surface area contributed by atoms with Crippen LogP contribution in [0, 0.1) is 0 Å². The monoisotopic (exact) mass is 284 g/mol. The van der Waals surface area contributed by atoms with Crippen LogP contribution in [-0.4, -0.2) is 42.3 Å². The van der Waals surface area contributed by atoms with Crippen LogP contribution < -0.4 is 4.74 Å². The van der Waals surface area contributed by atoms with Crippen molar-refractivity contribution < 1.29 is 9.47 Å². The quantitative estimate of drug-likeness (QED) is 0.863. The average molecular weight is 284 g/mol. The van der Waals surface area contributed by atoms with Crippen molar-refractivity contribution in [1.29, 1.82) is 0 Å². The van der Waals surface area contributed by atoms with Crippen molar-refractivity contribution in [3.8, 4) is 5.75 Å². The first-order chi connectivity index (χ1) is 10.4. The molecule has 2 heterocycles. The Morgan fingerprint density at radius 2 is 2.10 bits per heavy atom. The van der Waals surface area contributed by atoms with Gasteiger partial charge < -0.3 is 9.47 Å².